The monoisotopic (exact) mass is 325 g/mol. The van der Waals surface area contributed by atoms with Crippen LogP contribution >= 0.6 is 11.6 Å². The summed E-state index contributed by atoms with van der Waals surface area (Å²) in [6, 6.07) is 9.76. The minimum Gasteiger partial charge on any atom is -0.454 e. The smallest absolute Gasteiger partial charge is 0.262 e. The van der Waals surface area contributed by atoms with Crippen molar-refractivity contribution in [3.05, 3.63) is 47.0 Å². The molecule has 110 valence electrons. The molecule has 7 heteroatoms. The van der Waals surface area contributed by atoms with E-state index in [1.165, 1.54) is 12.1 Å². The average Bonchev–Trinajstić information content (AvgIpc) is 2.86. The first-order valence-corrected chi connectivity index (χ1v) is 8.01. The van der Waals surface area contributed by atoms with Gasteiger partial charge in [0.2, 0.25) is 6.79 Å². The first-order chi connectivity index (χ1) is 9.97. The Bertz CT molecular complexity index is 805. The summed E-state index contributed by atoms with van der Waals surface area (Å²) in [5.41, 5.74) is 0.908. The van der Waals surface area contributed by atoms with Crippen molar-refractivity contribution in [2.45, 2.75) is 11.8 Å². The molecule has 2 aromatic carbocycles. The zero-order valence-corrected chi connectivity index (χ0v) is 12.7. The van der Waals surface area contributed by atoms with Crippen LogP contribution in [0.15, 0.2) is 41.3 Å². The van der Waals surface area contributed by atoms with Crippen molar-refractivity contribution in [3.8, 4) is 11.5 Å². The summed E-state index contributed by atoms with van der Waals surface area (Å²) in [7, 11) is -3.71. The Morgan fingerprint density at radius 3 is 2.52 bits per heavy atom. The van der Waals surface area contributed by atoms with E-state index in [4.69, 9.17) is 21.1 Å². The molecule has 1 N–H and O–H groups in total. The molecule has 5 nitrogen and oxygen atoms in total. The molecule has 0 unspecified atom stereocenters. The summed E-state index contributed by atoms with van der Waals surface area (Å²) in [6.07, 6.45) is 0. The molecule has 1 aliphatic rings. The van der Waals surface area contributed by atoms with E-state index in [9.17, 15) is 8.42 Å². The van der Waals surface area contributed by atoms with E-state index in [-0.39, 0.29) is 22.4 Å². The van der Waals surface area contributed by atoms with Crippen molar-refractivity contribution >= 4 is 27.3 Å². The van der Waals surface area contributed by atoms with E-state index in [0.29, 0.717) is 17.1 Å². The van der Waals surface area contributed by atoms with Gasteiger partial charge in [0.15, 0.2) is 11.5 Å². The Morgan fingerprint density at radius 2 is 1.81 bits per heavy atom. The fraction of sp³-hybridized carbons (Fsp3) is 0.143. The number of sulfonamides is 1. The van der Waals surface area contributed by atoms with Gasteiger partial charge in [-0.3, -0.25) is 4.72 Å². The van der Waals surface area contributed by atoms with Crippen LogP contribution in [-0.2, 0) is 10.0 Å². The van der Waals surface area contributed by atoms with Crippen LogP contribution in [0.4, 0.5) is 5.69 Å². The molecular weight excluding hydrogens is 314 g/mol. The molecule has 2 aromatic rings. The van der Waals surface area contributed by atoms with Crippen LogP contribution in [0.25, 0.3) is 0 Å². The van der Waals surface area contributed by atoms with Crippen molar-refractivity contribution in [1.29, 1.82) is 0 Å². The number of nitrogens with one attached hydrogen (secondary N) is 1. The number of benzene rings is 2. The third-order valence-electron chi connectivity index (χ3n) is 3.09. The maximum Gasteiger partial charge on any atom is 0.262 e. The van der Waals surface area contributed by atoms with Gasteiger partial charge in [0, 0.05) is 12.1 Å². The minimum atomic E-state index is -3.71. The predicted molar refractivity (Wildman–Crippen MR) is 79.6 cm³/mol. The first-order valence-electron chi connectivity index (χ1n) is 6.15. The number of halogens is 1. The summed E-state index contributed by atoms with van der Waals surface area (Å²) in [4.78, 5) is 0.207. The molecule has 0 saturated heterocycles. The summed E-state index contributed by atoms with van der Waals surface area (Å²) < 4.78 is 37.8. The van der Waals surface area contributed by atoms with E-state index >= 15 is 0 Å². The number of rotatable bonds is 3. The lowest BCUT2D eigenvalue weighted by Crippen LogP contribution is -2.14. The molecule has 0 bridgehead atoms. The van der Waals surface area contributed by atoms with Crippen molar-refractivity contribution in [2.24, 2.45) is 0 Å². The molecule has 0 atom stereocenters. The topological polar surface area (TPSA) is 64.6 Å². The van der Waals surface area contributed by atoms with Crippen LogP contribution in [0.3, 0.4) is 0 Å². The first kappa shape index (κ1) is 14.0. The molecule has 1 heterocycles. The second-order valence-electron chi connectivity index (χ2n) is 4.56. The molecular formula is C14H12ClNO4S. The van der Waals surface area contributed by atoms with Crippen LogP contribution in [0.1, 0.15) is 5.56 Å². The van der Waals surface area contributed by atoms with Gasteiger partial charge in [0.25, 0.3) is 10.0 Å². The minimum absolute atomic E-state index is 0.0969. The summed E-state index contributed by atoms with van der Waals surface area (Å²) in [5, 5.41) is 0.247. The van der Waals surface area contributed by atoms with E-state index in [1.54, 1.807) is 31.2 Å². The highest BCUT2D eigenvalue weighted by Crippen LogP contribution is 2.39. The van der Waals surface area contributed by atoms with Crippen molar-refractivity contribution in [2.75, 3.05) is 11.5 Å². The van der Waals surface area contributed by atoms with E-state index < -0.39 is 10.0 Å². The molecule has 0 aromatic heterocycles. The van der Waals surface area contributed by atoms with Crippen molar-refractivity contribution in [3.63, 3.8) is 0 Å². The zero-order valence-electron chi connectivity index (χ0n) is 11.1. The molecule has 0 spiro atoms. The Hall–Kier alpha value is -1.92. The van der Waals surface area contributed by atoms with Crippen molar-refractivity contribution < 1.29 is 17.9 Å². The molecule has 1 aliphatic heterocycles. The number of ether oxygens (including phenoxy) is 2. The second-order valence-corrected chi connectivity index (χ2v) is 6.61. The third kappa shape index (κ3) is 2.64. The Labute approximate surface area is 127 Å². The van der Waals surface area contributed by atoms with E-state index in [0.717, 1.165) is 0 Å². The number of hydrogen-bond acceptors (Lipinski definition) is 4. The maximum atomic E-state index is 12.4. The fourth-order valence-electron chi connectivity index (χ4n) is 2.05. The van der Waals surface area contributed by atoms with Crippen LogP contribution in [0.5, 0.6) is 11.5 Å². The molecule has 21 heavy (non-hydrogen) atoms. The highest BCUT2D eigenvalue weighted by molar-refractivity contribution is 7.92. The summed E-state index contributed by atoms with van der Waals surface area (Å²) in [6.45, 7) is 1.83. The highest BCUT2D eigenvalue weighted by Gasteiger charge is 2.21. The van der Waals surface area contributed by atoms with Crippen LogP contribution in [-0.4, -0.2) is 15.2 Å². The number of anilines is 1. The zero-order chi connectivity index (χ0) is 15.0. The van der Waals surface area contributed by atoms with Crippen LogP contribution in [0.2, 0.25) is 5.02 Å². The van der Waals surface area contributed by atoms with Gasteiger partial charge in [0.1, 0.15) is 0 Å². The quantitative estimate of drug-likeness (QED) is 0.941. The largest absolute Gasteiger partial charge is 0.454 e. The Balaban J connectivity index is 1.99. The van der Waals surface area contributed by atoms with Gasteiger partial charge in [-0.25, -0.2) is 8.42 Å². The third-order valence-corrected chi connectivity index (χ3v) is 4.93. The molecule has 3 rings (SSSR count). The van der Waals surface area contributed by atoms with Gasteiger partial charge in [-0.05, 0) is 18.6 Å². The number of hydrogen-bond donors (Lipinski definition) is 1. The van der Waals surface area contributed by atoms with Gasteiger partial charge in [0.05, 0.1) is 15.6 Å². The highest BCUT2D eigenvalue weighted by atomic mass is 35.5. The lowest BCUT2D eigenvalue weighted by molar-refractivity contribution is 0.174. The summed E-state index contributed by atoms with van der Waals surface area (Å²) in [5.74, 6) is 0.959. The van der Waals surface area contributed by atoms with Gasteiger partial charge in [-0.15, -0.1) is 0 Å². The lowest BCUT2D eigenvalue weighted by atomic mass is 10.2. The Kier molecular flexibility index (Phi) is 3.43. The molecule has 0 aliphatic carbocycles. The molecule has 0 amide bonds. The van der Waals surface area contributed by atoms with Gasteiger partial charge < -0.3 is 9.47 Å². The standard InChI is InChI=1S/C14H12ClNO4S/c1-9-4-2-3-5-14(9)21(17,18)16-11-7-13-12(6-10(11)15)19-8-20-13/h2-7,16H,8H2,1H3. The SMILES string of the molecule is Cc1ccccc1S(=O)(=O)Nc1cc2c(cc1Cl)OCO2. The number of aryl methyl sites for hydroxylation is 1. The van der Waals surface area contributed by atoms with Gasteiger partial charge in [-0.2, -0.15) is 0 Å². The van der Waals surface area contributed by atoms with Crippen LogP contribution in [0, 0.1) is 6.92 Å². The molecule has 0 radical (unpaired) electrons. The van der Waals surface area contributed by atoms with Crippen molar-refractivity contribution in [1.82, 2.24) is 0 Å². The normalized spacial score (nSPS) is 13.2. The van der Waals surface area contributed by atoms with E-state index in [1.807, 2.05) is 0 Å². The predicted octanol–water partition coefficient (Wildman–Crippen LogP) is 3.18. The van der Waals surface area contributed by atoms with Crippen LogP contribution < -0.4 is 14.2 Å². The van der Waals surface area contributed by atoms with Gasteiger partial charge >= 0.3 is 0 Å². The maximum absolute atomic E-state index is 12.4. The van der Waals surface area contributed by atoms with Gasteiger partial charge in [-0.1, -0.05) is 29.8 Å². The molecule has 0 saturated carbocycles. The summed E-state index contributed by atoms with van der Waals surface area (Å²) >= 11 is 6.08. The second kappa shape index (κ2) is 5.13. The fourth-order valence-corrected chi connectivity index (χ4v) is 3.63. The molecule has 0 fully saturated rings. The lowest BCUT2D eigenvalue weighted by Gasteiger charge is -2.12. The average molecular weight is 326 g/mol. The number of fused-ring (bicyclic) bond motifs is 1. The van der Waals surface area contributed by atoms with E-state index in [2.05, 4.69) is 4.72 Å². The Morgan fingerprint density at radius 1 is 1.14 bits per heavy atom.